The van der Waals surface area contributed by atoms with Crippen LogP contribution in [0.5, 0.6) is 17.2 Å². The number of fused-ring (bicyclic) bond motifs is 2. The molecule has 0 fully saturated rings. The maximum atomic E-state index is 11.4. The lowest BCUT2D eigenvalue weighted by Gasteiger charge is -2.42. The SMILES string of the molecule is COc1c2c(cc3c1C(NC(N)=O)[N+](C)(C)CC3)OCO2. The van der Waals surface area contributed by atoms with Crippen LogP contribution in [-0.2, 0) is 6.42 Å². The molecule has 1 atom stereocenters. The number of quaternary nitrogens is 1. The van der Waals surface area contributed by atoms with E-state index in [0.29, 0.717) is 21.7 Å². The molecule has 1 aromatic rings. The summed E-state index contributed by atoms with van der Waals surface area (Å²) in [5.41, 5.74) is 7.35. The van der Waals surface area contributed by atoms with Crippen LogP contribution in [0.2, 0.25) is 0 Å². The van der Waals surface area contributed by atoms with Gasteiger partial charge in [-0.2, -0.15) is 0 Å². The van der Waals surface area contributed by atoms with Gasteiger partial charge in [0.05, 0.1) is 33.3 Å². The number of carbonyl (C=O) groups excluding carboxylic acids is 1. The Morgan fingerprint density at radius 1 is 1.48 bits per heavy atom. The molecule has 1 unspecified atom stereocenters. The number of nitrogens with two attached hydrogens (primary N) is 1. The number of likely N-dealkylation sites (N-methyl/N-ethyl adjacent to an activating group) is 1. The van der Waals surface area contributed by atoms with Crippen LogP contribution in [0.3, 0.4) is 0 Å². The number of nitrogens with one attached hydrogen (secondary N) is 1. The molecule has 2 aliphatic heterocycles. The molecule has 0 radical (unpaired) electrons. The van der Waals surface area contributed by atoms with Gasteiger partial charge in [0.15, 0.2) is 17.7 Å². The zero-order valence-electron chi connectivity index (χ0n) is 12.4. The molecule has 0 bridgehead atoms. The van der Waals surface area contributed by atoms with E-state index in [1.807, 2.05) is 20.2 Å². The van der Waals surface area contributed by atoms with E-state index in [0.717, 1.165) is 24.1 Å². The van der Waals surface area contributed by atoms with Crippen molar-refractivity contribution in [1.29, 1.82) is 0 Å². The average molecular weight is 294 g/mol. The van der Waals surface area contributed by atoms with Crippen molar-refractivity contribution in [3.8, 4) is 17.2 Å². The standard InChI is InChI=1S/C14H19N3O4/c1-17(2)5-4-8-6-9-11(21-7-20-9)12(19-3)10(8)13(17)16-14(15)18/h6,13H,4-5,7H2,1-3H3,(H2-,15,16,18)/p+1. The molecule has 2 aliphatic rings. The molecule has 0 saturated heterocycles. The minimum atomic E-state index is -0.557. The number of ether oxygens (including phenoxy) is 3. The van der Waals surface area contributed by atoms with E-state index in [9.17, 15) is 4.79 Å². The fraction of sp³-hybridized carbons (Fsp3) is 0.500. The second-order valence-electron chi connectivity index (χ2n) is 5.88. The molecule has 0 spiro atoms. The van der Waals surface area contributed by atoms with Gasteiger partial charge >= 0.3 is 6.03 Å². The van der Waals surface area contributed by atoms with Crippen LogP contribution in [0.4, 0.5) is 4.79 Å². The number of rotatable bonds is 2. The normalized spacial score (nSPS) is 21.6. The summed E-state index contributed by atoms with van der Waals surface area (Å²) in [4.78, 5) is 11.4. The van der Waals surface area contributed by atoms with Crippen LogP contribution in [0.1, 0.15) is 17.3 Å². The van der Waals surface area contributed by atoms with Crippen molar-refractivity contribution in [2.75, 3.05) is 34.5 Å². The second-order valence-corrected chi connectivity index (χ2v) is 5.88. The highest BCUT2D eigenvalue weighted by atomic mass is 16.7. The van der Waals surface area contributed by atoms with Crippen molar-refractivity contribution in [3.63, 3.8) is 0 Å². The number of benzene rings is 1. The van der Waals surface area contributed by atoms with Crippen LogP contribution in [-0.4, -0.2) is 45.1 Å². The number of hydrogen-bond donors (Lipinski definition) is 2. The number of primary amides is 1. The highest BCUT2D eigenvalue weighted by Crippen LogP contribution is 2.49. The van der Waals surface area contributed by atoms with Crippen molar-refractivity contribution >= 4 is 6.03 Å². The van der Waals surface area contributed by atoms with Crippen molar-refractivity contribution < 1.29 is 23.5 Å². The maximum Gasteiger partial charge on any atom is 0.316 e. The Balaban J connectivity index is 2.18. The fourth-order valence-corrected chi connectivity index (χ4v) is 3.06. The fourth-order valence-electron chi connectivity index (χ4n) is 3.06. The zero-order valence-corrected chi connectivity index (χ0v) is 12.4. The smallest absolute Gasteiger partial charge is 0.316 e. The maximum absolute atomic E-state index is 11.4. The summed E-state index contributed by atoms with van der Waals surface area (Å²) in [6.45, 7) is 1.06. The summed E-state index contributed by atoms with van der Waals surface area (Å²) in [7, 11) is 5.69. The third kappa shape index (κ3) is 2.13. The van der Waals surface area contributed by atoms with Crippen molar-refractivity contribution in [3.05, 3.63) is 17.2 Å². The Morgan fingerprint density at radius 2 is 2.24 bits per heavy atom. The number of amides is 2. The molecule has 7 nitrogen and oxygen atoms in total. The number of hydrogen-bond acceptors (Lipinski definition) is 4. The van der Waals surface area contributed by atoms with Crippen molar-refractivity contribution in [1.82, 2.24) is 5.32 Å². The number of carbonyl (C=O) groups is 1. The van der Waals surface area contributed by atoms with Gasteiger partial charge in [0.25, 0.3) is 0 Å². The molecule has 3 rings (SSSR count). The summed E-state index contributed by atoms with van der Waals surface area (Å²) in [5, 5.41) is 2.83. The quantitative estimate of drug-likeness (QED) is 0.788. The molecule has 2 amide bonds. The van der Waals surface area contributed by atoms with Crippen LogP contribution in [0.15, 0.2) is 6.07 Å². The van der Waals surface area contributed by atoms with E-state index >= 15 is 0 Å². The van der Waals surface area contributed by atoms with Crippen LogP contribution in [0, 0.1) is 0 Å². The molecular weight excluding hydrogens is 274 g/mol. The van der Waals surface area contributed by atoms with E-state index in [-0.39, 0.29) is 13.0 Å². The average Bonchev–Trinajstić information content (AvgIpc) is 2.87. The molecule has 114 valence electrons. The lowest BCUT2D eigenvalue weighted by atomic mass is 9.93. The van der Waals surface area contributed by atoms with Gasteiger partial charge in [-0.15, -0.1) is 0 Å². The first-order valence-electron chi connectivity index (χ1n) is 6.82. The Labute approximate surface area is 123 Å². The Kier molecular flexibility index (Phi) is 3.09. The third-order valence-corrected chi connectivity index (χ3v) is 4.16. The van der Waals surface area contributed by atoms with Gasteiger partial charge in [0, 0.05) is 6.42 Å². The third-order valence-electron chi connectivity index (χ3n) is 4.16. The summed E-state index contributed by atoms with van der Waals surface area (Å²) in [5.74, 6) is 1.90. The number of urea groups is 1. The molecule has 1 aromatic carbocycles. The number of methoxy groups -OCH3 is 1. The molecule has 2 heterocycles. The van der Waals surface area contributed by atoms with Gasteiger partial charge in [-0.25, -0.2) is 4.79 Å². The largest absolute Gasteiger partial charge is 0.492 e. The number of nitrogens with zero attached hydrogens (tertiary/aromatic N) is 1. The summed E-state index contributed by atoms with van der Waals surface area (Å²) in [6.07, 6.45) is 0.586. The predicted molar refractivity (Wildman–Crippen MR) is 75.3 cm³/mol. The lowest BCUT2D eigenvalue weighted by Crippen LogP contribution is -2.55. The van der Waals surface area contributed by atoms with Crippen LogP contribution < -0.4 is 25.3 Å². The summed E-state index contributed by atoms with van der Waals surface area (Å²) < 4.78 is 17.1. The molecule has 7 heteroatoms. The first-order chi connectivity index (χ1) is 9.94. The first kappa shape index (κ1) is 13.8. The van der Waals surface area contributed by atoms with E-state index in [4.69, 9.17) is 19.9 Å². The Hall–Kier alpha value is -2.15. The van der Waals surface area contributed by atoms with Gasteiger partial charge < -0.3 is 24.4 Å². The zero-order chi connectivity index (χ0) is 15.2. The highest BCUT2D eigenvalue weighted by Gasteiger charge is 2.41. The summed E-state index contributed by atoms with van der Waals surface area (Å²) >= 11 is 0. The van der Waals surface area contributed by atoms with Crippen molar-refractivity contribution in [2.24, 2.45) is 5.73 Å². The van der Waals surface area contributed by atoms with E-state index in [2.05, 4.69) is 5.32 Å². The molecule has 21 heavy (non-hydrogen) atoms. The topological polar surface area (TPSA) is 82.8 Å². The lowest BCUT2D eigenvalue weighted by molar-refractivity contribution is -0.925. The molecular formula is C14H20N3O4+. The Morgan fingerprint density at radius 3 is 2.90 bits per heavy atom. The van der Waals surface area contributed by atoms with Gasteiger partial charge in [0.1, 0.15) is 0 Å². The van der Waals surface area contributed by atoms with E-state index in [1.54, 1.807) is 7.11 Å². The minimum absolute atomic E-state index is 0.181. The van der Waals surface area contributed by atoms with Gasteiger partial charge in [-0.1, -0.05) is 0 Å². The summed E-state index contributed by atoms with van der Waals surface area (Å²) in [6, 6.07) is 1.41. The van der Waals surface area contributed by atoms with Crippen molar-refractivity contribution in [2.45, 2.75) is 12.6 Å². The first-order valence-corrected chi connectivity index (χ1v) is 6.82. The van der Waals surface area contributed by atoms with E-state index in [1.165, 1.54) is 0 Å². The predicted octanol–water partition coefficient (Wildman–Crippen LogP) is 0.723. The molecule has 0 aliphatic carbocycles. The second kappa shape index (κ2) is 4.70. The van der Waals surface area contributed by atoms with Gasteiger partial charge in [-0.3, -0.25) is 5.32 Å². The van der Waals surface area contributed by atoms with Gasteiger partial charge in [-0.05, 0) is 11.6 Å². The Bertz CT molecular complexity index is 600. The molecule has 0 aromatic heterocycles. The van der Waals surface area contributed by atoms with Crippen LogP contribution in [0.25, 0.3) is 0 Å². The minimum Gasteiger partial charge on any atom is -0.492 e. The molecule has 0 saturated carbocycles. The van der Waals surface area contributed by atoms with E-state index < -0.39 is 6.03 Å². The van der Waals surface area contributed by atoms with Crippen LogP contribution >= 0.6 is 0 Å². The monoisotopic (exact) mass is 294 g/mol. The molecule has 3 N–H and O–H groups in total. The highest BCUT2D eigenvalue weighted by molar-refractivity contribution is 5.73. The van der Waals surface area contributed by atoms with Gasteiger partial charge in [0.2, 0.25) is 12.5 Å².